The lowest BCUT2D eigenvalue weighted by atomic mass is 10.1. The molecule has 0 N–H and O–H groups in total. The number of benzene rings is 1. The molecule has 0 unspecified atom stereocenters. The smallest absolute Gasteiger partial charge is 0.192 e. The zero-order valence-corrected chi connectivity index (χ0v) is 16.0. The van der Waals surface area contributed by atoms with Gasteiger partial charge in [-0.15, -0.1) is 0 Å². The Morgan fingerprint density at radius 1 is 1.29 bits per heavy atom. The second kappa shape index (κ2) is 9.00. The van der Waals surface area contributed by atoms with Gasteiger partial charge in [0, 0.05) is 15.6 Å². The second-order valence-corrected chi connectivity index (χ2v) is 8.58. The summed E-state index contributed by atoms with van der Waals surface area (Å²) < 4.78 is 11.9. The van der Waals surface area contributed by atoms with E-state index < -0.39 is 0 Å². The number of hydrogen-bond donors (Lipinski definition) is 0. The van der Waals surface area contributed by atoms with Gasteiger partial charge in [0.05, 0.1) is 19.8 Å². The van der Waals surface area contributed by atoms with Gasteiger partial charge in [0.2, 0.25) is 0 Å². The van der Waals surface area contributed by atoms with E-state index in [-0.39, 0.29) is 16.0 Å². The lowest BCUT2D eigenvalue weighted by Gasteiger charge is -2.21. The lowest BCUT2D eigenvalue weighted by molar-refractivity contribution is -0.113. The molecule has 21 heavy (non-hydrogen) atoms. The minimum atomic E-state index is -0.187. The minimum Gasteiger partial charge on any atom is -0.497 e. The Balaban J connectivity index is 2.76. The highest BCUT2D eigenvalue weighted by molar-refractivity contribution is 14.1. The van der Waals surface area contributed by atoms with Crippen LogP contribution < -0.4 is 4.74 Å². The molecule has 1 aromatic carbocycles. The predicted molar refractivity (Wildman–Crippen MR) is 97.5 cm³/mol. The molecule has 0 fully saturated rings. The number of alkyl halides is 1. The summed E-state index contributed by atoms with van der Waals surface area (Å²) in [7, 11) is 1.64. The molecule has 0 spiro atoms. The van der Waals surface area contributed by atoms with Crippen LogP contribution in [0, 0.1) is 0 Å². The fourth-order valence-electron chi connectivity index (χ4n) is 1.81. The molecule has 0 aromatic heterocycles. The molecule has 3 nitrogen and oxygen atoms in total. The van der Waals surface area contributed by atoms with Crippen molar-refractivity contribution in [1.82, 2.24) is 0 Å². The zero-order chi connectivity index (χ0) is 15.9. The SMILES string of the molecule is COc1ccc([C@@H](CC(=O)SC(C)(C)C)OCCI)cc1. The van der Waals surface area contributed by atoms with Crippen LogP contribution in [-0.2, 0) is 9.53 Å². The number of hydrogen-bond acceptors (Lipinski definition) is 4. The van der Waals surface area contributed by atoms with Crippen LogP contribution in [0.15, 0.2) is 24.3 Å². The van der Waals surface area contributed by atoms with E-state index in [0.717, 1.165) is 15.7 Å². The van der Waals surface area contributed by atoms with Crippen molar-refractivity contribution in [3.63, 3.8) is 0 Å². The fraction of sp³-hybridized carbons (Fsp3) is 0.562. The van der Waals surface area contributed by atoms with Crippen LogP contribution in [-0.4, -0.2) is 28.0 Å². The van der Waals surface area contributed by atoms with Crippen molar-refractivity contribution in [2.24, 2.45) is 0 Å². The largest absolute Gasteiger partial charge is 0.497 e. The Morgan fingerprint density at radius 2 is 1.90 bits per heavy atom. The number of rotatable bonds is 7. The van der Waals surface area contributed by atoms with E-state index in [2.05, 4.69) is 22.6 Å². The lowest BCUT2D eigenvalue weighted by Crippen LogP contribution is -2.16. The van der Waals surface area contributed by atoms with E-state index >= 15 is 0 Å². The third-order valence-corrected chi connectivity index (χ3v) is 4.10. The van der Waals surface area contributed by atoms with E-state index in [1.807, 2.05) is 45.0 Å². The van der Waals surface area contributed by atoms with Crippen LogP contribution in [0.25, 0.3) is 0 Å². The van der Waals surface area contributed by atoms with Crippen LogP contribution >= 0.6 is 34.4 Å². The van der Waals surface area contributed by atoms with E-state index in [1.165, 1.54) is 11.8 Å². The molecule has 0 heterocycles. The molecule has 0 aliphatic heterocycles. The number of methoxy groups -OCH3 is 1. The van der Waals surface area contributed by atoms with Crippen molar-refractivity contribution in [3.8, 4) is 5.75 Å². The molecule has 0 aliphatic rings. The quantitative estimate of drug-likeness (QED) is 0.474. The zero-order valence-electron chi connectivity index (χ0n) is 13.0. The number of halogens is 1. The number of carbonyl (C=O) groups is 1. The van der Waals surface area contributed by atoms with Gasteiger partial charge in [-0.2, -0.15) is 0 Å². The van der Waals surface area contributed by atoms with Gasteiger partial charge in [0.1, 0.15) is 5.75 Å². The van der Waals surface area contributed by atoms with Gasteiger partial charge in [-0.3, -0.25) is 4.79 Å². The summed E-state index contributed by atoms with van der Waals surface area (Å²) in [5.41, 5.74) is 1.02. The molecular weight excluding hydrogens is 399 g/mol. The van der Waals surface area contributed by atoms with Crippen LogP contribution in [0.4, 0.5) is 0 Å². The van der Waals surface area contributed by atoms with Gasteiger partial charge in [0.15, 0.2) is 5.12 Å². The minimum absolute atomic E-state index is 0.0647. The summed E-state index contributed by atoms with van der Waals surface area (Å²) >= 11 is 3.65. The number of thioether (sulfide) groups is 1. The first-order valence-corrected chi connectivity index (χ1v) is 9.23. The average Bonchev–Trinajstić information content (AvgIpc) is 2.41. The van der Waals surface area contributed by atoms with Crippen molar-refractivity contribution in [2.75, 3.05) is 18.1 Å². The van der Waals surface area contributed by atoms with Crippen molar-refractivity contribution in [1.29, 1.82) is 0 Å². The van der Waals surface area contributed by atoms with Crippen molar-refractivity contribution in [3.05, 3.63) is 29.8 Å². The fourth-order valence-corrected chi connectivity index (χ4v) is 2.98. The monoisotopic (exact) mass is 422 g/mol. The first-order valence-electron chi connectivity index (χ1n) is 6.89. The van der Waals surface area contributed by atoms with Gasteiger partial charge < -0.3 is 9.47 Å². The van der Waals surface area contributed by atoms with Gasteiger partial charge in [-0.1, -0.05) is 67.3 Å². The first kappa shape index (κ1) is 18.8. The number of carbonyl (C=O) groups excluding carboxylic acids is 1. The first-order chi connectivity index (χ1) is 9.85. The third-order valence-electron chi connectivity index (χ3n) is 2.66. The van der Waals surface area contributed by atoms with E-state index in [0.29, 0.717) is 13.0 Å². The van der Waals surface area contributed by atoms with Gasteiger partial charge >= 0.3 is 0 Å². The van der Waals surface area contributed by atoms with Crippen LogP contribution in [0.3, 0.4) is 0 Å². The van der Waals surface area contributed by atoms with Crippen LogP contribution in [0.2, 0.25) is 0 Å². The maximum Gasteiger partial charge on any atom is 0.192 e. The highest BCUT2D eigenvalue weighted by Crippen LogP contribution is 2.31. The van der Waals surface area contributed by atoms with Gasteiger partial charge in [-0.25, -0.2) is 0 Å². The molecule has 5 heteroatoms. The average molecular weight is 422 g/mol. The molecular formula is C16H23IO3S. The highest BCUT2D eigenvalue weighted by atomic mass is 127. The molecule has 1 atom stereocenters. The molecule has 0 radical (unpaired) electrons. The summed E-state index contributed by atoms with van der Waals surface area (Å²) in [6.45, 7) is 6.78. The molecule has 118 valence electrons. The Morgan fingerprint density at radius 3 is 2.38 bits per heavy atom. The summed E-state index contributed by atoms with van der Waals surface area (Å²) in [5.74, 6) is 0.807. The standard InChI is InChI=1S/C16H23IO3S/c1-16(2,3)21-15(18)11-14(20-10-9-17)12-5-7-13(19-4)8-6-12/h5-8,14H,9-11H2,1-4H3/t14-/m1/s1. The van der Waals surface area contributed by atoms with Crippen molar-refractivity contribution < 1.29 is 14.3 Å². The summed E-state index contributed by atoms with van der Waals surface area (Å²) in [6.07, 6.45) is 0.207. The second-order valence-electron chi connectivity index (χ2n) is 5.61. The predicted octanol–water partition coefficient (Wildman–Crippen LogP) is 4.64. The molecule has 0 amide bonds. The van der Waals surface area contributed by atoms with Gasteiger partial charge in [0.25, 0.3) is 0 Å². The summed E-state index contributed by atoms with van der Waals surface area (Å²) in [4.78, 5) is 12.2. The third kappa shape index (κ3) is 7.51. The van der Waals surface area contributed by atoms with E-state index in [4.69, 9.17) is 9.47 Å². The Labute approximate surface area is 145 Å². The van der Waals surface area contributed by atoms with Crippen LogP contribution in [0.1, 0.15) is 38.9 Å². The normalized spacial score (nSPS) is 13.0. The number of ether oxygens (including phenoxy) is 2. The summed E-state index contributed by atoms with van der Waals surface area (Å²) in [5, 5.41) is 0.164. The molecule has 1 aromatic rings. The topological polar surface area (TPSA) is 35.5 Å². The summed E-state index contributed by atoms with van der Waals surface area (Å²) in [6, 6.07) is 7.73. The molecule has 0 saturated heterocycles. The van der Waals surface area contributed by atoms with Crippen molar-refractivity contribution >= 4 is 39.5 Å². The Kier molecular flexibility index (Phi) is 8.05. The Hall–Kier alpha value is -0.270. The molecule has 0 saturated carbocycles. The molecule has 1 rings (SSSR count). The maximum absolute atomic E-state index is 12.2. The Bertz CT molecular complexity index is 440. The highest BCUT2D eigenvalue weighted by Gasteiger charge is 2.22. The molecule has 0 bridgehead atoms. The maximum atomic E-state index is 12.2. The van der Waals surface area contributed by atoms with E-state index in [1.54, 1.807) is 7.11 Å². The van der Waals surface area contributed by atoms with Gasteiger partial charge in [-0.05, 0) is 17.7 Å². The van der Waals surface area contributed by atoms with Crippen molar-refractivity contribution in [2.45, 2.75) is 38.0 Å². The van der Waals surface area contributed by atoms with E-state index in [9.17, 15) is 4.79 Å². The molecule has 0 aliphatic carbocycles. The van der Waals surface area contributed by atoms with Crippen LogP contribution in [0.5, 0.6) is 5.75 Å².